The van der Waals surface area contributed by atoms with Gasteiger partial charge in [0.2, 0.25) is 5.82 Å². The molecule has 0 atom stereocenters. The third-order valence-corrected chi connectivity index (χ3v) is 7.35. The number of benzene rings is 3. The zero-order chi connectivity index (χ0) is 30.3. The highest BCUT2D eigenvalue weighted by atomic mass is 35.5. The lowest BCUT2D eigenvalue weighted by Crippen LogP contribution is -2.46. The van der Waals surface area contributed by atoms with Crippen molar-refractivity contribution in [3.63, 3.8) is 0 Å². The Morgan fingerprint density at radius 3 is 2.21 bits per heavy atom. The number of methoxy groups -OCH3 is 1. The standard InChI is InChI=1S/C29H28ClN3O4.C4H11N/c1-36-19-29(28(34)35)13-15-33(16-14-29)18-20-7-9-22(10-8-20)26-31-27(37-32-26)23-11-12-24(25(30)17-23)21-5-3-2-4-6-21;1-4(2,3)5/h2-12,17H,13-16,18-19H2,1H3,(H,34,35);5H2,1-3H3. The molecule has 0 saturated carbocycles. The van der Waals surface area contributed by atoms with Gasteiger partial charge in [0.05, 0.1) is 12.0 Å². The monoisotopic (exact) mass is 590 g/mol. The van der Waals surface area contributed by atoms with Crippen LogP contribution < -0.4 is 5.73 Å². The van der Waals surface area contributed by atoms with Gasteiger partial charge in [-0.3, -0.25) is 9.69 Å². The molecule has 1 aliphatic heterocycles. The second-order valence-electron chi connectivity index (χ2n) is 11.8. The molecular formula is C33H39ClN4O4. The van der Waals surface area contributed by atoms with Crippen molar-refractivity contribution in [2.24, 2.45) is 11.1 Å². The third-order valence-electron chi connectivity index (χ3n) is 7.03. The van der Waals surface area contributed by atoms with Crippen LogP contribution in [0.2, 0.25) is 5.02 Å². The molecule has 5 rings (SSSR count). The molecule has 0 unspecified atom stereocenters. The summed E-state index contributed by atoms with van der Waals surface area (Å²) in [7, 11) is 1.56. The zero-order valence-corrected chi connectivity index (χ0v) is 25.4. The molecule has 0 amide bonds. The van der Waals surface area contributed by atoms with Crippen molar-refractivity contribution in [1.82, 2.24) is 15.0 Å². The van der Waals surface area contributed by atoms with E-state index in [2.05, 4.69) is 15.0 Å². The van der Waals surface area contributed by atoms with Gasteiger partial charge in [-0.25, -0.2) is 0 Å². The van der Waals surface area contributed by atoms with Crippen LogP contribution in [0.3, 0.4) is 0 Å². The molecule has 42 heavy (non-hydrogen) atoms. The summed E-state index contributed by atoms with van der Waals surface area (Å²) in [5.74, 6) is 0.146. The molecule has 0 spiro atoms. The molecule has 0 bridgehead atoms. The lowest BCUT2D eigenvalue weighted by Gasteiger charge is -2.38. The predicted octanol–water partition coefficient (Wildman–Crippen LogP) is 6.78. The number of aliphatic carboxylic acids is 1. The minimum absolute atomic E-state index is 0. The molecule has 2 heterocycles. The minimum Gasteiger partial charge on any atom is -0.481 e. The van der Waals surface area contributed by atoms with Crippen LogP contribution in [-0.4, -0.2) is 58.5 Å². The molecule has 1 saturated heterocycles. The van der Waals surface area contributed by atoms with Gasteiger partial charge in [0.15, 0.2) is 0 Å². The highest BCUT2D eigenvalue weighted by molar-refractivity contribution is 6.33. The van der Waals surface area contributed by atoms with E-state index in [-0.39, 0.29) is 12.1 Å². The Labute approximate surface area is 252 Å². The summed E-state index contributed by atoms with van der Waals surface area (Å²) in [5, 5.41) is 14.4. The molecule has 9 heteroatoms. The Morgan fingerprint density at radius 2 is 1.64 bits per heavy atom. The summed E-state index contributed by atoms with van der Waals surface area (Å²) in [4.78, 5) is 18.6. The Kier molecular flexibility index (Phi) is 10.2. The SMILES string of the molecule is CC(C)(C)N.COCC1(C(=O)O)CCN(Cc2ccc(-c3noc(-c4ccc(-c5ccccc5)c(Cl)c4)n3)cc2)CC1. The molecule has 1 fully saturated rings. The summed E-state index contributed by atoms with van der Waals surface area (Å²) < 4.78 is 10.7. The first-order chi connectivity index (χ1) is 20.0. The number of hydrogen-bond donors (Lipinski definition) is 2. The number of nitrogens with zero attached hydrogens (tertiary/aromatic N) is 3. The van der Waals surface area contributed by atoms with Gasteiger partial charge in [-0.15, -0.1) is 0 Å². The van der Waals surface area contributed by atoms with Crippen LogP contribution in [0.1, 0.15) is 39.2 Å². The number of carboxylic acids is 1. The maximum atomic E-state index is 11.8. The fourth-order valence-electron chi connectivity index (χ4n) is 4.81. The molecular weight excluding hydrogens is 552 g/mol. The normalized spacial score (nSPS) is 15.1. The van der Waals surface area contributed by atoms with Gasteiger partial charge in [-0.1, -0.05) is 77.4 Å². The van der Waals surface area contributed by atoms with Crippen LogP contribution in [0.4, 0.5) is 0 Å². The topological polar surface area (TPSA) is 115 Å². The fraction of sp³-hybridized carbons (Fsp3) is 0.364. The molecule has 222 valence electrons. The van der Waals surface area contributed by atoms with Crippen molar-refractivity contribution in [3.05, 3.63) is 83.4 Å². The molecule has 1 aliphatic rings. The number of piperidine rings is 1. The second-order valence-corrected chi connectivity index (χ2v) is 12.2. The van der Waals surface area contributed by atoms with Gasteiger partial charge in [0, 0.05) is 40.9 Å². The molecule has 8 nitrogen and oxygen atoms in total. The average Bonchev–Trinajstić information content (AvgIpc) is 3.45. The van der Waals surface area contributed by atoms with Gasteiger partial charge in [-0.05, 0) is 70.0 Å². The first kappa shape index (κ1) is 31.4. The Bertz CT molecular complexity index is 1450. The van der Waals surface area contributed by atoms with E-state index in [1.54, 1.807) is 7.11 Å². The highest BCUT2D eigenvalue weighted by Crippen LogP contribution is 2.34. The lowest BCUT2D eigenvalue weighted by molar-refractivity contribution is -0.156. The van der Waals surface area contributed by atoms with E-state index in [1.807, 2.05) is 93.6 Å². The number of carbonyl (C=O) groups is 1. The van der Waals surface area contributed by atoms with Crippen LogP contribution >= 0.6 is 11.6 Å². The van der Waals surface area contributed by atoms with Crippen LogP contribution in [0.25, 0.3) is 34.0 Å². The van der Waals surface area contributed by atoms with E-state index >= 15 is 0 Å². The smallest absolute Gasteiger partial charge is 0.312 e. The van der Waals surface area contributed by atoms with E-state index in [0.29, 0.717) is 29.6 Å². The molecule has 3 N–H and O–H groups in total. The second kappa shape index (κ2) is 13.6. The van der Waals surface area contributed by atoms with Crippen molar-refractivity contribution in [3.8, 4) is 34.0 Å². The van der Waals surface area contributed by atoms with Crippen LogP contribution in [0, 0.1) is 5.41 Å². The molecule has 1 aromatic heterocycles. The van der Waals surface area contributed by atoms with E-state index in [1.165, 1.54) is 0 Å². The van der Waals surface area contributed by atoms with Crippen molar-refractivity contribution in [2.45, 2.75) is 45.7 Å². The summed E-state index contributed by atoms with van der Waals surface area (Å²) >= 11 is 6.55. The number of halogens is 1. The Balaban J connectivity index is 0.000000748. The van der Waals surface area contributed by atoms with Crippen LogP contribution in [-0.2, 0) is 16.1 Å². The van der Waals surface area contributed by atoms with Crippen LogP contribution in [0.15, 0.2) is 77.3 Å². The Hall–Kier alpha value is -3.56. The number of aromatic nitrogens is 2. The van der Waals surface area contributed by atoms with Crippen molar-refractivity contribution >= 4 is 17.6 Å². The summed E-state index contributed by atoms with van der Waals surface area (Å²) in [6.45, 7) is 8.34. The summed E-state index contributed by atoms with van der Waals surface area (Å²) in [6, 6.07) is 23.8. The van der Waals surface area contributed by atoms with Crippen molar-refractivity contribution in [2.75, 3.05) is 26.8 Å². The number of nitrogens with two attached hydrogens (primary N) is 1. The van der Waals surface area contributed by atoms with Crippen LogP contribution in [0.5, 0.6) is 0 Å². The minimum atomic E-state index is -0.780. The summed E-state index contributed by atoms with van der Waals surface area (Å²) in [6.07, 6.45) is 1.16. The van der Waals surface area contributed by atoms with Gasteiger partial charge in [0.1, 0.15) is 0 Å². The summed E-state index contributed by atoms with van der Waals surface area (Å²) in [5.41, 5.74) is 9.33. The lowest BCUT2D eigenvalue weighted by atomic mass is 9.79. The molecule has 3 aromatic carbocycles. The van der Waals surface area contributed by atoms with E-state index in [4.69, 9.17) is 26.6 Å². The first-order valence-corrected chi connectivity index (χ1v) is 14.4. The van der Waals surface area contributed by atoms with Crippen molar-refractivity contribution < 1.29 is 19.2 Å². The first-order valence-electron chi connectivity index (χ1n) is 14.0. The number of likely N-dealkylation sites (tertiary alicyclic amines) is 1. The number of hydrogen-bond acceptors (Lipinski definition) is 7. The molecule has 4 aromatic rings. The average molecular weight is 591 g/mol. The predicted molar refractivity (Wildman–Crippen MR) is 166 cm³/mol. The zero-order valence-electron chi connectivity index (χ0n) is 24.6. The van der Waals surface area contributed by atoms with Gasteiger partial charge in [-0.2, -0.15) is 4.98 Å². The van der Waals surface area contributed by atoms with E-state index in [9.17, 15) is 9.90 Å². The fourth-order valence-corrected chi connectivity index (χ4v) is 5.10. The van der Waals surface area contributed by atoms with Gasteiger partial charge >= 0.3 is 5.97 Å². The number of carboxylic acid groups (broad SMARTS) is 1. The highest BCUT2D eigenvalue weighted by Gasteiger charge is 2.41. The molecule has 0 radical (unpaired) electrons. The molecule has 0 aliphatic carbocycles. The van der Waals surface area contributed by atoms with E-state index < -0.39 is 11.4 Å². The van der Waals surface area contributed by atoms with E-state index in [0.717, 1.165) is 47.5 Å². The third kappa shape index (κ3) is 8.26. The quantitative estimate of drug-likeness (QED) is 0.231. The van der Waals surface area contributed by atoms with Gasteiger partial charge < -0.3 is 20.1 Å². The Morgan fingerprint density at radius 1 is 1.02 bits per heavy atom. The number of rotatable bonds is 8. The maximum absolute atomic E-state index is 11.8. The van der Waals surface area contributed by atoms with Crippen molar-refractivity contribution in [1.29, 1.82) is 0 Å². The number of ether oxygens (including phenoxy) is 1. The maximum Gasteiger partial charge on any atom is 0.312 e. The largest absolute Gasteiger partial charge is 0.481 e. The van der Waals surface area contributed by atoms with Gasteiger partial charge in [0.25, 0.3) is 5.89 Å².